The lowest BCUT2D eigenvalue weighted by Gasteiger charge is -2.07. The van der Waals surface area contributed by atoms with Gasteiger partial charge < -0.3 is 5.11 Å². The van der Waals surface area contributed by atoms with Crippen molar-refractivity contribution in [3.05, 3.63) is 34.3 Å². The first-order valence-electron chi connectivity index (χ1n) is 8.67. The maximum absolute atomic E-state index is 11.2. The van der Waals surface area contributed by atoms with E-state index in [9.17, 15) is 9.90 Å². The number of aromatic carboxylic acids is 1. The minimum atomic E-state index is -0.862. The van der Waals surface area contributed by atoms with Crippen molar-refractivity contribution in [1.29, 1.82) is 0 Å². The molecule has 0 fully saturated rings. The van der Waals surface area contributed by atoms with E-state index in [2.05, 4.69) is 6.92 Å². The molecule has 1 N–H and O–H groups in total. The monoisotopic (exact) mass is 324 g/mol. The number of aryl methyl sites for hydroxylation is 1. The SMILES string of the molecule is CCCCCCCCCCCCc1cc(Cl)ccc1C(=O)O. The van der Waals surface area contributed by atoms with Crippen LogP contribution in [0, 0.1) is 0 Å². The second-order valence-electron chi connectivity index (χ2n) is 6.04. The third kappa shape index (κ3) is 7.84. The molecule has 0 aliphatic heterocycles. The zero-order chi connectivity index (χ0) is 16.2. The smallest absolute Gasteiger partial charge is 0.335 e. The van der Waals surface area contributed by atoms with Gasteiger partial charge in [-0.15, -0.1) is 0 Å². The Hall–Kier alpha value is -1.02. The first-order valence-corrected chi connectivity index (χ1v) is 9.04. The summed E-state index contributed by atoms with van der Waals surface area (Å²) in [5.74, 6) is -0.862. The highest BCUT2D eigenvalue weighted by atomic mass is 35.5. The molecule has 0 atom stereocenters. The molecular weight excluding hydrogens is 296 g/mol. The topological polar surface area (TPSA) is 37.3 Å². The average Bonchev–Trinajstić information content (AvgIpc) is 2.49. The van der Waals surface area contributed by atoms with E-state index in [-0.39, 0.29) is 0 Å². The van der Waals surface area contributed by atoms with Crippen molar-refractivity contribution in [1.82, 2.24) is 0 Å². The summed E-state index contributed by atoms with van der Waals surface area (Å²) in [7, 11) is 0. The number of carboxylic acid groups (broad SMARTS) is 1. The molecule has 124 valence electrons. The molecule has 22 heavy (non-hydrogen) atoms. The minimum Gasteiger partial charge on any atom is -0.478 e. The molecule has 0 aromatic heterocycles. The highest BCUT2D eigenvalue weighted by Crippen LogP contribution is 2.19. The van der Waals surface area contributed by atoms with Gasteiger partial charge in [0.15, 0.2) is 0 Å². The fourth-order valence-electron chi connectivity index (χ4n) is 2.78. The van der Waals surface area contributed by atoms with Gasteiger partial charge in [-0.05, 0) is 36.6 Å². The summed E-state index contributed by atoms with van der Waals surface area (Å²) in [6.07, 6.45) is 13.7. The molecule has 0 unspecified atom stereocenters. The van der Waals surface area contributed by atoms with Crippen molar-refractivity contribution in [2.24, 2.45) is 0 Å². The highest BCUT2D eigenvalue weighted by molar-refractivity contribution is 6.30. The number of carboxylic acids is 1. The largest absolute Gasteiger partial charge is 0.478 e. The predicted molar refractivity (Wildman–Crippen MR) is 94.0 cm³/mol. The summed E-state index contributed by atoms with van der Waals surface area (Å²) in [6.45, 7) is 2.25. The van der Waals surface area contributed by atoms with Crippen molar-refractivity contribution in [2.75, 3.05) is 0 Å². The van der Waals surface area contributed by atoms with Crippen molar-refractivity contribution < 1.29 is 9.90 Å². The molecule has 0 saturated heterocycles. The summed E-state index contributed by atoms with van der Waals surface area (Å²) in [5.41, 5.74) is 1.25. The molecular formula is C19H29ClO2. The molecule has 0 saturated carbocycles. The molecule has 0 heterocycles. The summed E-state index contributed by atoms with van der Waals surface area (Å²) < 4.78 is 0. The number of hydrogen-bond acceptors (Lipinski definition) is 1. The lowest BCUT2D eigenvalue weighted by atomic mass is 10.00. The third-order valence-electron chi connectivity index (χ3n) is 4.10. The number of halogens is 1. The van der Waals surface area contributed by atoms with Gasteiger partial charge in [-0.1, -0.05) is 76.3 Å². The molecule has 3 heteroatoms. The van der Waals surface area contributed by atoms with Crippen LogP contribution in [-0.4, -0.2) is 11.1 Å². The third-order valence-corrected chi connectivity index (χ3v) is 4.33. The second kappa shape index (κ2) is 11.5. The molecule has 0 aliphatic rings. The van der Waals surface area contributed by atoms with Gasteiger partial charge >= 0.3 is 5.97 Å². The Morgan fingerprint density at radius 3 is 2.05 bits per heavy atom. The maximum atomic E-state index is 11.2. The van der Waals surface area contributed by atoms with Crippen LogP contribution >= 0.6 is 11.6 Å². The number of carbonyl (C=O) groups is 1. The number of rotatable bonds is 12. The highest BCUT2D eigenvalue weighted by Gasteiger charge is 2.09. The van der Waals surface area contributed by atoms with Gasteiger partial charge in [0, 0.05) is 5.02 Å². The molecule has 0 aliphatic carbocycles. The standard InChI is InChI=1S/C19H29ClO2/c1-2-3-4-5-6-7-8-9-10-11-12-16-15-17(20)13-14-18(16)19(21)22/h13-15H,2-12H2,1H3,(H,21,22). The molecule has 1 aromatic rings. The van der Waals surface area contributed by atoms with Gasteiger partial charge in [0.1, 0.15) is 0 Å². The molecule has 0 amide bonds. The Morgan fingerprint density at radius 1 is 0.955 bits per heavy atom. The van der Waals surface area contributed by atoms with Gasteiger partial charge in [0.25, 0.3) is 0 Å². The van der Waals surface area contributed by atoms with Crippen LogP contribution in [0.15, 0.2) is 18.2 Å². The maximum Gasteiger partial charge on any atom is 0.335 e. The normalized spacial score (nSPS) is 10.8. The Morgan fingerprint density at radius 2 is 1.50 bits per heavy atom. The van der Waals surface area contributed by atoms with E-state index in [1.165, 1.54) is 57.8 Å². The van der Waals surface area contributed by atoms with E-state index in [0.29, 0.717) is 10.6 Å². The van der Waals surface area contributed by atoms with Crippen LogP contribution in [0.1, 0.15) is 87.1 Å². The molecule has 0 bridgehead atoms. The van der Waals surface area contributed by atoms with Crippen molar-refractivity contribution in [3.63, 3.8) is 0 Å². The van der Waals surface area contributed by atoms with Crippen LogP contribution in [0.25, 0.3) is 0 Å². The summed E-state index contributed by atoms with van der Waals surface area (Å²) in [6, 6.07) is 5.04. The Kier molecular flexibility index (Phi) is 9.98. The van der Waals surface area contributed by atoms with Crippen LogP contribution in [0.2, 0.25) is 5.02 Å². The molecule has 2 nitrogen and oxygen atoms in total. The van der Waals surface area contributed by atoms with Gasteiger partial charge in [-0.25, -0.2) is 4.79 Å². The van der Waals surface area contributed by atoms with Crippen LogP contribution < -0.4 is 0 Å². The van der Waals surface area contributed by atoms with Crippen LogP contribution in [0.5, 0.6) is 0 Å². The fraction of sp³-hybridized carbons (Fsp3) is 0.632. The van der Waals surface area contributed by atoms with Crippen molar-refractivity contribution in [3.8, 4) is 0 Å². The van der Waals surface area contributed by atoms with Crippen molar-refractivity contribution in [2.45, 2.75) is 77.6 Å². The summed E-state index contributed by atoms with van der Waals surface area (Å²) in [4.78, 5) is 11.2. The van der Waals surface area contributed by atoms with Crippen molar-refractivity contribution >= 4 is 17.6 Å². The van der Waals surface area contributed by atoms with E-state index in [0.717, 1.165) is 18.4 Å². The Bertz CT molecular complexity index is 443. The quantitative estimate of drug-likeness (QED) is 0.445. The lowest BCUT2D eigenvalue weighted by Crippen LogP contribution is -2.02. The molecule has 0 radical (unpaired) electrons. The van der Waals surface area contributed by atoms with E-state index < -0.39 is 5.97 Å². The average molecular weight is 325 g/mol. The molecule has 1 aromatic carbocycles. The van der Waals surface area contributed by atoms with Gasteiger partial charge in [0.05, 0.1) is 5.56 Å². The lowest BCUT2D eigenvalue weighted by molar-refractivity contribution is 0.0695. The predicted octanol–water partition coefficient (Wildman–Crippen LogP) is 6.50. The minimum absolute atomic E-state index is 0.389. The number of benzene rings is 1. The first-order chi connectivity index (χ1) is 10.6. The van der Waals surface area contributed by atoms with Crippen LogP contribution in [0.3, 0.4) is 0 Å². The van der Waals surface area contributed by atoms with Gasteiger partial charge in [-0.2, -0.15) is 0 Å². The first kappa shape index (κ1) is 19.0. The molecule has 1 rings (SSSR count). The van der Waals surface area contributed by atoms with E-state index in [1.807, 2.05) is 0 Å². The van der Waals surface area contributed by atoms with Gasteiger partial charge in [-0.3, -0.25) is 0 Å². The zero-order valence-electron chi connectivity index (χ0n) is 13.7. The van der Waals surface area contributed by atoms with Gasteiger partial charge in [0.2, 0.25) is 0 Å². The zero-order valence-corrected chi connectivity index (χ0v) is 14.5. The van der Waals surface area contributed by atoms with E-state index in [4.69, 9.17) is 11.6 Å². The Labute approximate surface area is 139 Å². The summed E-state index contributed by atoms with van der Waals surface area (Å²) in [5, 5.41) is 9.79. The number of hydrogen-bond donors (Lipinski definition) is 1. The summed E-state index contributed by atoms with van der Waals surface area (Å²) >= 11 is 5.96. The Balaban J connectivity index is 2.15. The fourth-order valence-corrected chi connectivity index (χ4v) is 2.98. The van der Waals surface area contributed by atoms with E-state index >= 15 is 0 Å². The van der Waals surface area contributed by atoms with E-state index in [1.54, 1.807) is 18.2 Å². The second-order valence-corrected chi connectivity index (χ2v) is 6.48. The number of unbranched alkanes of at least 4 members (excludes halogenated alkanes) is 9. The van der Waals surface area contributed by atoms with Crippen LogP contribution in [-0.2, 0) is 6.42 Å². The van der Waals surface area contributed by atoms with Crippen LogP contribution in [0.4, 0.5) is 0 Å². The molecule has 0 spiro atoms.